The normalized spacial score (nSPS) is 10.3. The van der Waals surface area contributed by atoms with Gasteiger partial charge in [0.15, 0.2) is 0 Å². The van der Waals surface area contributed by atoms with Crippen LogP contribution in [0, 0.1) is 0 Å². The highest BCUT2D eigenvalue weighted by molar-refractivity contribution is 5.75. The maximum atomic E-state index is 11.2. The molecule has 0 amide bonds. The lowest BCUT2D eigenvalue weighted by molar-refractivity contribution is -0.140. The third-order valence-electron chi connectivity index (χ3n) is 2.43. The van der Waals surface area contributed by atoms with Gasteiger partial charge in [-0.05, 0) is 11.1 Å². The molecule has 0 saturated heterocycles. The molecule has 0 radical (unpaired) electrons. The summed E-state index contributed by atoms with van der Waals surface area (Å²) in [6.07, 6.45) is 3.94. The van der Waals surface area contributed by atoms with Gasteiger partial charge in [-0.1, -0.05) is 36.4 Å². The van der Waals surface area contributed by atoms with Gasteiger partial charge >= 0.3 is 11.9 Å². The second kappa shape index (κ2) is 7.27. The maximum absolute atomic E-state index is 11.2. The quantitative estimate of drug-likeness (QED) is 0.748. The van der Waals surface area contributed by atoms with Gasteiger partial charge in [0.1, 0.15) is 0 Å². The number of carbonyl (C=O) groups excluding carboxylic acids is 2. The summed E-state index contributed by atoms with van der Waals surface area (Å²) in [6.45, 7) is 0. The highest BCUT2D eigenvalue weighted by atomic mass is 16.5. The first-order valence-electron chi connectivity index (χ1n) is 5.55. The molecule has 4 nitrogen and oxygen atoms in total. The van der Waals surface area contributed by atoms with Gasteiger partial charge in [-0.2, -0.15) is 0 Å². The summed E-state index contributed by atoms with van der Waals surface area (Å²) in [5.74, 6) is -0.583. The lowest BCUT2D eigenvalue weighted by atomic mass is 10.0. The van der Waals surface area contributed by atoms with Crippen molar-refractivity contribution < 1.29 is 19.1 Å². The van der Waals surface area contributed by atoms with Crippen molar-refractivity contribution in [2.24, 2.45) is 0 Å². The minimum absolute atomic E-state index is 0.211. The summed E-state index contributed by atoms with van der Waals surface area (Å²) in [7, 11) is 2.71. The molecule has 0 aliphatic rings. The number of carbonyl (C=O) groups is 2. The van der Waals surface area contributed by atoms with Crippen LogP contribution >= 0.6 is 0 Å². The van der Waals surface area contributed by atoms with Crippen LogP contribution in [-0.4, -0.2) is 26.2 Å². The number of hydrogen-bond donors (Lipinski definition) is 0. The third kappa shape index (κ3) is 4.41. The number of benzene rings is 1. The van der Waals surface area contributed by atoms with Gasteiger partial charge in [0, 0.05) is 0 Å². The molecule has 0 unspecified atom stereocenters. The molecule has 96 valence electrons. The summed E-state index contributed by atoms with van der Waals surface area (Å²) in [5, 5.41) is 0. The number of rotatable bonds is 5. The predicted octanol–water partition coefficient (Wildman–Crippen LogP) is 1.98. The molecule has 4 heteroatoms. The zero-order valence-electron chi connectivity index (χ0n) is 10.5. The minimum atomic E-state index is -0.295. The smallest absolute Gasteiger partial charge is 0.309 e. The van der Waals surface area contributed by atoms with Crippen LogP contribution < -0.4 is 0 Å². The molecule has 18 heavy (non-hydrogen) atoms. The Labute approximate surface area is 106 Å². The van der Waals surface area contributed by atoms with Crippen LogP contribution in [0.25, 0.3) is 6.08 Å². The fourth-order valence-electron chi connectivity index (χ4n) is 1.45. The molecule has 1 aromatic carbocycles. The first-order chi connectivity index (χ1) is 8.67. The van der Waals surface area contributed by atoms with Crippen molar-refractivity contribution >= 4 is 18.0 Å². The SMILES string of the molecule is COC(=O)CC=Cc1ccccc1CC(=O)OC. The fourth-order valence-corrected chi connectivity index (χ4v) is 1.45. The van der Waals surface area contributed by atoms with Crippen LogP contribution in [0.2, 0.25) is 0 Å². The summed E-state index contributed by atoms with van der Waals surface area (Å²) in [4.78, 5) is 22.2. The second-order valence-corrected chi connectivity index (χ2v) is 3.63. The van der Waals surface area contributed by atoms with E-state index < -0.39 is 0 Å². The highest BCUT2D eigenvalue weighted by Gasteiger charge is 2.05. The summed E-state index contributed by atoms with van der Waals surface area (Å²) in [5.41, 5.74) is 1.76. The van der Waals surface area contributed by atoms with Gasteiger partial charge in [0.05, 0.1) is 27.1 Å². The lowest BCUT2D eigenvalue weighted by Crippen LogP contribution is -2.05. The Balaban J connectivity index is 2.75. The van der Waals surface area contributed by atoms with Crippen molar-refractivity contribution in [2.45, 2.75) is 12.8 Å². The van der Waals surface area contributed by atoms with Crippen molar-refractivity contribution in [1.29, 1.82) is 0 Å². The molecule has 0 aliphatic carbocycles. The Kier molecular flexibility index (Phi) is 5.64. The average molecular weight is 248 g/mol. The van der Waals surface area contributed by atoms with Crippen LogP contribution in [0.1, 0.15) is 17.5 Å². The molecule has 0 saturated carbocycles. The molecule has 0 heterocycles. The largest absolute Gasteiger partial charge is 0.469 e. The van der Waals surface area contributed by atoms with E-state index in [1.54, 1.807) is 12.2 Å². The molecular formula is C14H16O4. The van der Waals surface area contributed by atoms with Gasteiger partial charge in [0.25, 0.3) is 0 Å². The van der Waals surface area contributed by atoms with E-state index in [4.69, 9.17) is 0 Å². The maximum Gasteiger partial charge on any atom is 0.309 e. The molecular weight excluding hydrogens is 232 g/mol. The highest BCUT2D eigenvalue weighted by Crippen LogP contribution is 2.12. The first-order valence-corrected chi connectivity index (χ1v) is 5.55. The van der Waals surface area contributed by atoms with Gasteiger partial charge < -0.3 is 9.47 Å². The zero-order chi connectivity index (χ0) is 13.4. The summed E-state index contributed by atoms with van der Waals surface area (Å²) in [6, 6.07) is 7.47. The van der Waals surface area contributed by atoms with E-state index in [2.05, 4.69) is 9.47 Å². The molecule has 0 aliphatic heterocycles. The van der Waals surface area contributed by atoms with Crippen molar-refractivity contribution in [3.63, 3.8) is 0 Å². The van der Waals surface area contributed by atoms with Crippen molar-refractivity contribution in [3.05, 3.63) is 41.5 Å². The molecule has 0 spiro atoms. The number of ether oxygens (including phenoxy) is 2. The Morgan fingerprint density at radius 1 is 1.11 bits per heavy atom. The second-order valence-electron chi connectivity index (χ2n) is 3.63. The van der Waals surface area contributed by atoms with Gasteiger partial charge in [0.2, 0.25) is 0 Å². The van der Waals surface area contributed by atoms with Crippen LogP contribution in [-0.2, 0) is 25.5 Å². The Bertz CT molecular complexity index is 449. The van der Waals surface area contributed by atoms with E-state index >= 15 is 0 Å². The predicted molar refractivity (Wildman–Crippen MR) is 67.8 cm³/mol. The third-order valence-corrected chi connectivity index (χ3v) is 2.43. The monoisotopic (exact) mass is 248 g/mol. The van der Waals surface area contributed by atoms with Crippen molar-refractivity contribution in [1.82, 2.24) is 0 Å². The Hall–Kier alpha value is -2.10. The summed E-state index contributed by atoms with van der Waals surface area (Å²) >= 11 is 0. The first kappa shape index (κ1) is 14.0. The topological polar surface area (TPSA) is 52.6 Å². The fraction of sp³-hybridized carbons (Fsp3) is 0.286. The minimum Gasteiger partial charge on any atom is -0.469 e. The number of esters is 2. The van der Waals surface area contributed by atoms with E-state index in [0.29, 0.717) is 0 Å². The summed E-state index contributed by atoms with van der Waals surface area (Å²) < 4.78 is 9.17. The van der Waals surface area contributed by atoms with Crippen molar-refractivity contribution in [2.75, 3.05) is 14.2 Å². The average Bonchev–Trinajstić information content (AvgIpc) is 2.40. The molecule has 1 aromatic rings. The Morgan fingerprint density at radius 2 is 1.78 bits per heavy atom. The van der Waals surface area contributed by atoms with E-state index in [1.807, 2.05) is 24.3 Å². The number of hydrogen-bond acceptors (Lipinski definition) is 4. The van der Waals surface area contributed by atoms with Crippen LogP contribution in [0.4, 0.5) is 0 Å². The van der Waals surface area contributed by atoms with Gasteiger partial charge in [-0.15, -0.1) is 0 Å². The van der Waals surface area contributed by atoms with Crippen LogP contribution in [0.3, 0.4) is 0 Å². The lowest BCUT2D eigenvalue weighted by Gasteiger charge is -2.04. The zero-order valence-corrected chi connectivity index (χ0v) is 10.5. The van der Waals surface area contributed by atoms with E-state index in [9.17, 15) is 9.59 Å². The van der Waals surface area contributed by atoms with E-state index in [0.717, 1.165) is 11.1 Å². The van der Waals surface area contributed by atoms with E-state index in [1.165, 1.54) is 14.2 Å². The molecule has 1 rings (SSSR count). The van der Waals surface area contributed by atoms with Crippen LogP contribution in [0.5, 0.6) is 0 Å². The molecule has 0 N–H and O–H groups in total. The Morgan fingerprint density at radius 3 is 2.44 bits per heavy atom. The standard InChI is InChI=1S/C14H16O4/c1-17-13(15)9-5-8-11-6-3-4-7-12(11)10-14(16)18-2/h3-8H,9-10H2,1-2H3. The number of methoxy groups -OCH3 is 2. The molecule has 0 atom stereocenters. The van der Waals surface area contributed by atoms with Crippen molar-refractivity contribution in [3.8, 4) is 0 Å². The van der Waals surface area contributed by atoms with E-state index in [-0.39, 0.29) is 24.8 Å². The molecule has 0 bridgehead atoms. The molecule has 0 aromatic heterocycles. The van der Waals surface area contributed by atoms with Crippen LogP contribution in [0.15, 0.2) is 30.3 Å². The van der Waals surface area contributed by atoms with Gasteiger partial charge in [-0.3, -0.25) is 9.59 Å². The molecule has 0 fully saturated rings. The van der Waals surface area contributed by atoms with Gasteiger partial charge in [-0.25, -0.2) is 0 Å².